The monoisotopic (exact) mass is 242 g/mol. The number of hydrogen-bond donors (Lipinski definition) is 0. The van der Waals surface area contributed by atoms with E-state index in [1.54, 1.807) is 0 Å². The molecule has 0 heterocycles. The Balaban J connectivity index is 3.06. The first-order chi connectivity index (χ1) is 3.81. The van der Waals surface area contributed by atoms with Crippen LogP contribution in [0.4, 0.5) is 0 Å². The highest BCUT2D eigenvalue weighted by Crippen LogP contribution is 1.95. The highest BCUT2D eigenvalue weighted by molar-refractivity contribution is 9.09. The van der Waals surface area contributed by atoms with Crippen LogP contribution in [-0.2, 0) is 4.79 Å². The first kappa shape index (κ1) is 8.63. The summed E-state index contributed by atoms with van der Waals surface area (Å²) >= 11 is 6.37. The molecule has 0 N–H and O–H groups in total. The van der Waals surface area contributed by atoms with E-state index in [-0.39, 0.29) is 0 Å². The molecule has 3 heteroatoms. The van der Waals surface area contributed by atoms with Gasteiger partial charge in [-0.05, 0) is 0 Å². The van der Waals surface area contributed by atoms with Gasteiger partial charge in [0.1, 0.15) is 5.78 Å². The Hall–Kier alpha value is 0.630. The van der Waals surface area contributed by atoms with Gasteiger partial charge in [0.2, 0.25) is 0 Å². The van der Waals surface area contributed by atoms with Crippen LogP contribution in [-0.4, -0.2) is 16.4 Å². The number of hydrogen-bond acceptors (Lipinski definition) is 1. The number of rotatable bonds is 4. The molecule has 0 aromatic rings. The van der Waals surface area contributed by atoms with E-state index in [2.05, 4.69) is 31.9 Å². The SMILES string of the molecule is O=C(CCBr)CCBr. The fourth-order valence-corrected chi connectivity index (χ4v) is 1.22. The summed E-state index contributed by atoms with van der Waals surface area (Å²) in [4.78, 5) is 10.6. The molecule has 0 bridgehead atoms. The second-order valence-corrected chi connectivity index (χ2v) is 3.00. The minimum atomic E-state index is 0.318. The third kappa shape index (κ3) is 4.78. The largest absolute Gasteiger partial charge is 0.300 e. The fourth-order valence-electron chi connectivity index (χ4n) is 0.336. The molecule has 0 saturated heterocycles. The van der Waals surface area contributed by atoms with Gasteiger partial charge in [0.05, 0.1) is 0 Å². The molecule has 0 aliphatic rings. The second-order valence-electron chi connectivity index (χ2n) is 1.42. The number of carbonyl (C=O) groups excluding carboxylic acids is 1. The molecule has 0 radical (unpaired) electrons. The number of Topliss-reactive ketones (excluding diaryl/α,β-unsaturated/α-hetero) is 1. The van der Waals surface area contributed by atoms with Crippen molar-refractivity contribution in [2.45, 2.75) is 12.8 Å². The Morgan fingerprint density at radius 1 is 1.12 bits per heavy atom. The maximum Gasteiger partial charge on any atom is 0.134 e. The summed E-state index contributed by atoms with van der Waals surface area (Å²) in [5.74, 6) is 0.318. The first-order valence-corrected chi connectivity index (χ1v) is 4.69. The Morgan fingerprint density at radius 2 is 1.50 bits per heavy atom. The van der Waals surface area contributed by atoms with Crippen LogP contribution in [0.3, 0.4) is 0 Å². The molecule has 48 valence electrons. The van der Waals surface area contributed by atoms with Gasteiger partial charge >= 0.3 is 0 Å². The zero-order chi connectivity index (χ0) is 6.41. The summed E-state index contributed by atoms with van der Waals surface area (Å²) in [5, 5.41) is 1.58. The molecule has 0 aliphatic carbocycles. The number of ketones is 1. The smallest absolute Gasteiger partial charge is 0.134 e. The Kier molecular flexibility index (Phi) is 6.21. The van der Waals surface area contributed by atoms with E-state index in [1.807, 2.05) is 0 Å². The molecule has 0 amide bonds. The van der Waals surface area contributed by atoms with E-state index < -0.39 is 0 Å². The number of halogens is 2. The molecule has 8 heavy (non-hydrogen) atoms. The molecule has 1 nitrogen and oxygen atoms in total. The van der Waals surface area contributed by atoms with Crippen LogP contribution >= 0.6 is 31.9 Å². The summed E-state index contributed by atoms with van der Waals surface area (Å²) in [6, 6.07) is 0. The van der Waals surface area contributed by atoms with Gasteiger partial charge in [-0.1, -0.05) is 31.9 Å². The van der Waals surface area contributed by atoms with E-state index in [4.69, 9.17) is 0 Å². The molecule has 0 aliphatic heterocycles. The third-order valence-electron chi connectivity index (χ3n) is 0.747. The lowest BCUT2D eigenvalue weighted by Gasteiger charge is -1.89. The van der Waals surface area contributed by atoms with Gasteiger partial charge in [-0.3, -0.25) is 4.79 Å². The van der Waals surface area contributed by atoms with Crippen molar-refractivity contribution in [3.05, 3.63) is 0 Å². The summed E-state index contributed by atoms with van der Waals surface area (Å²) < 4.78 is 0. The van der Waals surface area contributed by atoms with Crippen LogP contribution in [0.15, 0.2) is 0 Å². The Labute approximate surface area is 66.1 Å². The predicted molar refractivity (Wildman–Crippen MR) is 41.8 cm³/mol. The van der Waals surface area contributed by atoms with Crippen molar-refractivity contribution >= 4 is 37.6 Å². The minimum absolute atomic E-state index is 0.318. The van der Waals surface area contributed by atoms with Crippen LogP contribution in [0.2, 0.25) is 0 Å². The van der Waals surface area contributed by atoms with E-state index in [0.717, 1.165) is 10.7 Å². The molecule has 0 aromatic heterocycles. The number of carbonyl (C=O) groups is 1. The van der Waals surface area contributed by atoms with Gasteiger partial charge < -0.3 is 0 Å². The van der Waals surface area contributed by atoms with Gasteiger partial charge in [-0.2, -0.15) is 0 Å². The summed E-state index contributed by atoms with van der Waals surface area (Å²) in [6.07, 6.45) is 1.32. The van der Waals surface area contributed by atoms with Crippen molar-refractivity contribution < 1.29 is 4.79 Å². The average Bonchev–Trinajstić information content (AvgIpc) is 1.68. The van der Waals surface area contributed by atoms with Crippen molar-refractivity contribution in [2.24, 2.45) is 0 Å². The van der Waals surface area contributed by atoms with Crippen molar-refractivity contribution in [1.82, 2.24) is 0 Å². The second kappa shape index (κ2) is 5.76. The minimum Gasteiger partial charge on any atom is -0.300 e. The molecule has 0 fully saturated rings. The van der Waals surface area contributed by atoms with Gasteiger partial charge in [-0.25, -0.2) is 0 Å². The lowest BCUT2D eigenvalue weighted by atomic mass is 10.2. The summed E-state index contributed by atoms with van der Waals surface area (Å²) in [5.41, 5.74) is 0. The zero-order valence-electron chi connectivity index (χ0n) is 4.49. The van der Waals surface area contributed by atoms with Crippen LogP contribution in [0.1, 0.15) is 12.8 Å². The van der Waals surface area contributed by atoms with Gasteiger partial charge in [0.25, 0.3) is 0 Å². The summed E-state index contributed by atoms with van der Waals surface area (Å²) in [7, 11) is 0. The standard InChI is InChI=1S/C5H8Br2O/c6-3-1-5(8)2-4-7/h1-4H2. The van der Waals surface area contributed by atoms with E-state index in [9.17, 15) is 4.79 Å². The van der Waals surface area contributed by atoms with Gasteiger partial charge in [0, 0.05) is 23.5 Å². The van der Waals surface area contributed by atoms with Crippen molar-refractivity contribution in [3.8, 4) is 0 Å². The molecule has 0 aromatic carbocycles. The molecular formula is C5H8Br2O. The van der Waals surface area contributed by atoms with Crippen LogP contribution in [0, 0.1) is 0 Å². The van der Waals surface area contributed by atoms with Crippen molar-refractivity contribution in [3.63, 3.8) is 0 Å². The lowest BCUT2D eigenvalue weighted by Crippen LogP contribution is -1.97. The molecule has 0 atom stereocenters. The average molecular weight is 244 g/mol. The van der Waals surface area contributed by atoms with Crippen LogP contribution in [0.25, 0.3) is 0 Å². The molecule has 0 spiro atoms. The van der Waals surface area contributed by atoms with Gasteiger partial charge in [0.15, 0.2) is 0 Å². The third-order valence-corrected chi connectivity index (χ3v) is 1.54. The van der Waals surface area contributed by atoms with E-state index in [0.29, 0.717) is 18.6 Å². The van der Waals surface area contributed by atoms with Crippen molar-refractivity contribution in [2.75, 3.05) is 10.7 Å². The maximum atomic E-state index is 10.6. The topological polar surface area (TPSA) is 17.1 Å². The van der Waals surface area contributed by atoms with E-state index in [1.165, 1.54) is 0 Å². The van der Waals surface area contributed by atoms with Crippen molar-refractivity contribution in [1.29, 1.82) is 0 Å². The molecular weight excluding hydrogens is 236 g/mol. The fraction of sp³-hybridized carbons (Fsp3) is 0.800. The predicted octanol–water partition coefficient (Wildman–Crippen LogP) is 2.13. The Morgan fingerprint density at radius 3 is 1.75 bits per heavy atom. The molecule has 0 saturated carbocycles. The quantitative estimate of drug-likeness (QED) is 0.692. The Bertz CT molecular complexity index is 64.8. The zero-order valence-corrected chi connectivity index (χ0v) is 7.66. The maximum absolute atomic E-state index is 10.6. The van der Waals surface area contributed by atoms with Gasteiger partial charge in [-0.15, -0.1) is 0 Å². The summed E-state index contributed by atoms with van der Waals surface area (Å²) in [6.45, 7) is 0. The molecule has 0 rings (SSSR count). The van der Waals surface area contributed by atoms with Crippen LogP contribution in [0.5, 0.6) is 0 Å². The van der Waals surface area contributed by atoms with E-state index >= 15 is 0 Å². The lowest BCUT2D eigenvalue weighted by molar-refractivity contribution is -0.118. The number of alkyl halides is 2. The van der Waals surface area contributed by atoms with Crippen LogP contribution < -0.4 is 0 Å². The molecule has 0 unspecified atom stereocenters. The normalized spacial score (nSPS) is 9.25. The highest BCUT2D eigenvalue weighted by atomic mass is 79.9. The first-order valence-electron chi connectivity index (χ1n) is 2.45. The highest BCUT2D eigenvalue weighted by Gasteiger charge is 1.96.